The lowest BCUT2D eigenvalue weighted by atomic mass is 10.3. The lowest BCUT2D eigenvalue weighted by Gasteiger charge is -1.85. The highest BCUT2D eigenvalue weighted by atomic mass is 31.0. The standard InChI is InChI=1S/C5H12P/c1-2-3-4-5-6/h6H,2-5H2,1H3. The zero-order valence-electron chi connectivity index (χ0n) is 4.33. The van der Waals surface area contributed by atoms with Gasteiger partial charge in [0.1, 0.15) is 0 Å². The number of hydrogen-bond acceptors (Lipinski definition) is 0. The molecule has 0 aliphatic heterocycles. The molecule has 0 aromatic carbocycles. The summed E-state index contributed by atoms with van der Waals surface area (Å²) in [5, 5.41) is 0. The molecule has 0 fully saturated rings. The van der Waals surface area contributed by atoms with E-state index >= 15 is 0 Å². The van der Waals surface area contributed by atoms with Crippen molar-refractivity contribution in [3.63, 3.8) is 0 Å². The molecule has 0 aromatic heterocycles. The molecule has 0 saturated carbocycles. The van der Waals surface area contributed by atoms with Gasteiger partial charge in [-0.2, -0.15) is 0 Å². The van der Waals surface area contributed by atoms with E-state index in [9.17, 15) is 0 Å². The highest BCUT2D eigenvalue weighted by molar-refractivity contribution is 7.16. The Balaban J connectivity index is 2.34. The molecule has 1 heteroatoms. The van der Waals surface area contributed by atoms with E-state index in [1.54, 1.807) is 0 Å². The van der Waals surface area contributed by atoms with Crippen LogP contribution in [-0.4, -0.2) is 6.16 Å². The minimum absolute atomic E-state index is 1.16. The fourth-order valence-corrected chi connectivity index (χ4v) is 0.625. The van der Waals surface area contributed by atoms with Crippen LogP contribution in [0.5, 0.6) is 0 Å². The molecule has 0 rings (SSSR count). The highest BCUT2D eigenvalue weighted by Gasteiger charge is 1.75. The molecule has 0 spiro atoms. The first-order valence-corrected chi connectivity index (χ1v) is 3.27. The van der Waals surface area contributed by atoms with Gasteiger partial charge in [-0.3, -0.25) is 0 Å². The second-order valence-electron chi connectivity index (χ2n) is 1.46. The second-order valence-corrected chi connectivity index (χ2v) is 1.96. The zero-order chi connectivity index (χ0) is 4.83. The fourth-order valence-electron chi connectivity index (χ4n) is 0.375. The van der Waals surface area contributed by atoms with Crippen molar-refractivity contribution in [2.45, 2.75) is 26.2 Å². The van der Waals surface area contributed by atoms with Crippen LogP contribution in [0.4, 0.5) is 0 Å². The molecule has 0 aromatic rings. The lowest BCUT2D eigenvalue weighted by Crippen LogP contribution is -1.70. The first kappa shape index (κ1) is 6.43. The molecule has 0 N–H and O–H groups in total. The summed E-state index contributed by atoms with van der Waals surface area (Å²) in [4.78, 5) is 0. The summed E-state index contributed by atoms with van der Waals surface area (Å²) in [5.74, 6) is 0. The van der Waals surface area contributed by atoms with Gasteiger partial charge in [-0.15, -0.1) is 0 Å². The van der Waals surface area contributed by atoms with Gasteiger partial charge in [0.25, 0.3) is 0 Å². The number of hydrogen-bond donors (Lipinski definition) is 0. The Kier molecular flexibility index (Phi) is 5.82. The van der Waals surface area contributed by atoms with Crippen LogP contribution < -0.4 is 0 Å². The van der Waals surface area contributed by atoms with Crippen LogP contribution >= 0.6 is 9.24 Å². The molecule has 0 heterocycles. The third kappa shape index (κ3) is 4.43. The number of rotatable bonds is 3. The molecular weight excluding hydrogens is 91.0 g/mol. The van der Waals surface area contributed by atoms with E-state index in [1.165, 1.54) is 19.3 Å². The summed E-state index contributed by atoms with van der Waals surface area (Å²) in [6.07, 6.45) is 5.18. The molecule has 0 unspecified atom stereocenters. The summed E-state index contributed by atoms with van der Waals surface area (Å²) in [7, 11) is 3.39. The summed E-state index contributed by atoms with van der Waals surface area (Å²) in [6, 6.07) is 0. The van der Waals surface area contributed by atoms with Crippen LogP contribution in [0.1, 0.15) is 26.2 Å². The van der Waals surface area contributed by atoms with Crippen LogP contribution in [-0.2, 0) is 0 Å². The van der Waals surface area contributed by atoms with E-state index in [4.69, 9.17) is 0 Å². The van der Waals surface area contributed by atoms with Gasteiger partial charge < -0.3 is 0 Å². The normalized spacial score (nSPS) is 9.00. The summed E-state index contributed by atoms with van der Waals surface area (Å²) in [6.45, 7) is 2.21. The molecule has 0 saturated heterocycles. The molecule has 0 nitrogen and oxygen atoms in total. The predicted octanol–water partition coefficient (Wildman–Crippen LogP) is 2.32. The van der Waals surface area contributed by atoms with Crippen molar-refractivity contribution < 1.29 is 0 Å². The molecule has 1 radical (unpaired) electrons. The first-order valence-electron chi connectivity index (χ1n) is 2.56. The van der Waals surface area contributed by atoms with Gasteiger partial charge >= 0.3 is 0 Å². The van der Waals surface area contributed by atoms with Crippen molar-refractivity contribution in [3.8, 4) is 0 Å². The third-order valence-electron chi connectivity index (χ3n) is 0.780. The topological polar surface area (TPSA) is 0 Å². The van der Waals surface area contributed by atoms with Crippen molar-refractivity contribution in [1.29, 1.82) is 0 Å². The monoisotopic (exact) mass is 103 g/mol. The highest BCUT2D eigenvalue weighted by Crippen LogP contribution is 1.95. The van der Waals surface area contributed by atoms with E-state index in [-0.39, 0.29) is 0 Å². The summed E-state index contributed by atoms with van der Waals surface area (Å²) in [5.41, 5.74) is 0. The number of unbranched alkanes of at least 4 members (excludes halogenated alkanes) is 2. The third-order valence-corrected chi connectivity index (χ3v) is 1.13. The minimum Gasteiger partial charge on any atom is -0.0992 e. The van der Waals surface area contributed by atoms with Gasteiger partial charge in [-0.25, -0.2) is 0 Å². The molecule has 37 valence electrons. The first-order chi connectivity index (χ1) is 2.91. The van der Waals surface area contributed by atoms with Gasteiger partial charge in [-0.05, 0) is 12.6 Å². The van der Waals surface area contributed by atoms with Crippen molar-refractivity contribution in [2.75, 3.05) is 6.16 Å². The van der Waals surface area contributed by atoms with Crippen molar-refractivity contribution in [3.05, 3.63) is 0 Å². The van der Waals surface area contributed by atoms with E-state index in [0.717, 1.165) is 6.16 Å². The smallest absolute Gasteiger partial charge is 0.0317 e. The predicted molar refractivity (Wildman–Crippen MR) is 32.7 cm³/mol. The zero-order valence-corrected chi connectivity index (χ0v) is 5.33. The van der Waals surface area contributed by atoms with Gasteiger partial charge in [0.2, 0.25) is 0 Å². The van der Waals surface area contributed by atoms with Crippen molar-refractivity contribution in [2.24, 2.45) is 0 Å². The quantitative estimate of drug-likeness (QED) is 0.380. The molecule has 6 heavy (non-hydrogen) atoms. The SMILES string of the molecule is CCCCC[PH]. The average molecular weight is 103 g/mol. The van der Waals surface area contributed by atoms with E-state index in [1.807, 2.05) is 0 Å². The summed E-state index contributed by atoms with van der Waals surface area (Å²) >= 11 is 0. The Morgan fingerprint density at radius 1 is 1.33 bits per heavy atom. The van der Waals surface area contributed by atoms with Crippen LogP contribution in [0, 0.1) is 0 Å². The van der Waals surface area contributed by atoms with E-state index < -0.39 is 0 Å². The largest absolute Gasteiger partial charge is 0.0992 e. The molecular formula is C5H12P. The molecule has 0 aliphatic carbocycles. The maximum absolute atomic E-state index is 3.39. The minimum atomic E-state index is 1.16. The maximum atomic E-state index is 3.39. The molecule has 0 aliphatic rings. The van der Waals surface area contributed by atoms with Crippen LogP contribution in [0.2, 0.25) is 0 Å². The Labute approximate surface area is 42.5 Å². The Bertz CT molecular complexity index is 15.9. The van der Waals surface area contributed by atoms with Crippen LogP contribution in [0.15, 0.2) is 0 Å². The van der Waals surface area contributed by atoms with Crippen molar-refractivity contribution in [1.82, 2.24) is 0 Å². The second kappa shape index (κ2) is 5.43. The molecule has 0 amide bonds. The summed E-state index contributed by atoms with van der Waals surface area (Å²) < 4.78 is 0. The van der Waals surface area contributed by atoms with E-state index in [2.05, 4.69) is 16.2 Å². The van der Waals surface area contributed by atoms with Crippen LogP contribution in [0.3, 0.4) is 0 Å². The van der Waals surface area contributed by atoms with Crippen LogP contribution in [0.25, 0.3) is 0 Å². The van der Waals surface area contributed by atoms with Gasteiger partial charge in [0, 0.05) is 0 Å². The van der Waals surface area contributed by atoms with Gasteiger partial charge in [0.05, 0.1) is 0 Å². The van der Waals surface area contributed by atoms with Gasteiger partial charge in [-0.1, -0.05) is 29.0 Å². The Morgan fingerprint density at radius 2 is 2.00 bits per heavy atom. The van der Waals surface area contributed by atoms with Gasteiger partial charge in [0.15, 0.2) is 0 Å². The Hall–Kier alpha value is 0.430. The van der Waals surface area contributed by atoms with Crippen molar-refractivity contribution >= 4 is 9.24 Å². The Morgan fingerprint density at radius 3 is 2.17 bits per heavy atom. The van der Waals surface area contributed by atoms with E-state index in [0.29, 0.717) is 0 Å². The average Bonchev–Trinajstić information content (AvgIpc) is 1.61. The molecule has 0 atom stereocenters. The molecule has 0 bridgehead atoms. The lowest BCUT2D eigenvalue weighted by molar-refractivity contribution is 0.779. The fraction of sp³-hybridized carbons (Fsp3) is 1.00. The maximum Gasteiger partial charge on any atom is -0.0317 e.